The van der Waals surface area contributed by atoms with Crippen molar-refractivity contribution >= 4 is 56.6 Å². The van der Waals surface area contributed by atoms with E-state index < -0.39 is 40.9 Å². The first-order valence-electron chi connectivity index (χ1n) is 21.4. The lowest BCUT2D eigenvalue weighted by molar-refractivity contribution is -0.384. The number of nitro groups is 1. The number of aromatic nitrogens is 12. The summed E-state index contributed by atoms with van der Waals surface area (Å²) in [6.07, 6.45) is -8.14. The quantitative estimate of drug-likeness (QED) is 0.0622. The number of non-ortho nitro benzene ring substituents is 1. The van der Waals surface area contributed by atoms with Gasteiger partial charge in [-0.15, -0.1) is 0 Å². The molecular weight excluding hydrogens is 988 g/mol. The van der Waals surface area contributed by atoms with Crippen LogP contribution >= 0.6 is 0 Å². The molecule has 380 valence electrons. The van der Waals surface area contributed by atoms with Crippen LogP contribution in [0.2, 0.25) is 0 Å². The van der Waals surface area contributed by atoms with Gasteiger partial charge >= 0.3 is 18.5 Å². The number of benzene rings is 3. The van der Waals surface area contributed by atoms with E-state index in [4.69, 9.17) is 9.47 Å². The minimum atomic E-state index is -4.74. The van der Waals surface area contributed by atoms with Crippen LogP contribution in [0.3, 0.4) is 0 Å². The molecule has 73 heavy (non-hydrogen) atoms. The van der Waals surface area contributed by atoms with Crippen molar-refractivity contribution in [1.82, 2.24) is 58.6 Å². The van der Waals surface area contributed by atoms with Gasteiger partial charge in [0.05, 0.1) is 35.7 Å². The fraction of sp³-hybridized carbons (Fsp3) is 0.250. The highest BCUT2D eigenvalue weighted by molar-refractivity contribution is 5.86. The number of rotatable bonds is 11. The monoisotopic (exact) mass is 1020 g/mol. The third kappa shape index (κ3) is 11.0. The van der Waals surface area contributed by atoms with E-state index in [0.29, 0.717) is 35.0 Å². The number of nitro benzene ring substituents is 1. The SMILES string of the molecule is CCOc1cccc(-n2cnc3c(NC4CC4)nc(C(F)(F)F)nc32)c1.CNc1nc(C(F)(F)F)nc2c1ncn2-c1cccc(OC)c1.CNc1nc(C(F)(F)F)nc2c1ncn2-c1cccc([N+](=O)[O-])c1. The second-order valence-corrected chi connectivity index (χ2v) is 15.4. The van der Waals surface area contributed by atoms with Crippen molar-refractivity contribution in [2.24, 2.45) is 0 Å². The van der Waals surface area contributed by atoms with Crippen molar-refractivity contribution in [3.8, 4) is 28.6 Å². The molecule has 0 spiro atoms. The molecule has 1 aliphatic carbocycles. The molecule has 3 N–H and O–H groups in total. The number of halogens is 9. The summed E-state index contributed by atoms with van der Waals surface area (Å²) < 4.78 is 132. The molecule has 1 aliphatic rings. The first-order chi connectivity index (χ1) is 34.7. The molecule has 0 atom stereocenters. The Morgan fingerprint density at radius 1 is 0.603 bits per heavy atom. The Balaban J connectivity index is 0.000000146. The Morgan fingerprint density at radius 2 is 1.00 bits per heavy atom. The molecule has 1 saturated carbocycles. The predicted octanol–water partition coefficient (Wildman–Crippen LogP) is 9.48. The molecule has 1 fully saturated rings. The van der Waals surface area contributed by atoms with Gasteiger partial charge < -0.3 is 25.4 Å². The first kappa shape index (κ1) is 50.5. The smallest absolute Gasteiger partial charge is 0.451 e. The minimum absolute atomic E-state index is 0.0176. The van der Waals surface area contributed by atoms with E-state index in [0.717, 1.165) is 12.8 Å². The number of ether oxygens (including phenoxy) is 2. The van der Waals surface area contributed by atoms with Crippen LogP contribution in [0.15, 0.2) is 91.8 Å². The number of imidazole rings is 3. The van der Waals surface area contributed by atoms with E-state index in [1.54, 1.807) is 48.5 Å². The highest BCUT2D eigenvalue weighted by Gasteiger charge is 2.39. The summed E-state index contributed by atoms with van der Waals surface area (Å²) in [7, 11) is 4.40. The number of nitrogens with one attached hydrogen (secondary N) is 3. The second-order valence-electron chi connectivity index (χ2n) is 15.4. The topological polar surface area (TPSA) is 228 Å². The highest BCUT2D eigenvalue weighted by atomic mass is 19.4. The molecule has 9 aromatic rings. The van der Waals surface area contributed by atoms with Gasteiger partial charge in [-0.2, -0.15) is 39.5 Å². The summed E-state index contributed by atoms with van der Waals surface area (Å²) in [6, 6.07) is 19.4. The molecule has 20 nitrogen and oxygen atoms in total. The maximum Gasteiger partial charge on any atom is 0.451 e. The molecule has 6 aromatic heterocycles. The molecule has 0 amide bonds. The maximum absolute atomic E-state index is 13.3. The van der Waals surface area contributed by atoms with E-state index in [1.165, 1.54) is 78.2 Å². The zero-order chi connectivity index (χ0) is 52.4. The van der Waals surface area contributed by atoms with Crippen LogP contribution in [0, 0.1) is 10.1 Å². The van der Waals surface area contributed by atoms with Crippen molar-refractivity contribution in [2.75, 3.05) is 43.8 Å². The molecule has 10 rings (SSSR count). The predicted molar refractivity (Wildman–Crippen MR) is 245 cm³/mol. The number of alkyl halides is 9. The summed E-state index contributed by atoms with van der Waals surface area (Å²) in [4.78, 5) is 44.1. The average Bonchev–Trinajstić information content (AvgIpc) is 3.69. The number of nitrogens with zero attached hydrogens (tertiary/aromatic N) is 13. The van der Waals surface area contributed by atoms with E-state index in [2.05, 4.69) is 60.8 Å². The molecule has 0 saturated heterocycles. The van der Waals surface area contributed by atoms with Crippen LogP contribution in [0.4, 0.5) is 62.7 Å². The van der Waals surface area contributed by atoms with Gasteiger partial charge in [0.1, 0.15) is 30.5 Å². The van der Waals surface area contributed by atoms with Crippen molar-refractivity contribution < 1.29 is 53.9 Å². The Bertz CT molecular complexity index is 3460. The lowest BCUT2D eigenvalue weighted by Gasteiger charge is -2.11. The van der Waals surface area contributed by atoms with E-state index >= 15 is 0 Å². The Labute approximate surface area is 404 Å². The Morgan fingerprint density at radius 3 is 1.40 bits per heavy atom. The standard InChI is InChI=1S/C17H16F3N5O.C14H12F3N5O.C13H9F3N6O2/c1-2-26-12-5-3-4-11(8-12)25-9-21-13-14(22-10-6-7-10)23-16(17(18,19)20)24-15(13)25;1-18-11-10-12(21-13(20-11)14(15,16)17)22(7-19-10)8-4-3-5-9(6-8)23-2;1-17-10-9-11(20-12(19-10)13(14,15)16)21(6-18-9)7-3-2-4-8(5-7)22(23)24/h3-5,8-10H,2,6-7H2,1H3,(H,22,23,24);3-7H,1-2H3,(H,18,20,21);2-6H,1H3,(H,17,19,20). The van der Waals surface area contributed by atoms with Gasteiger partial charge in [-0.05, 0) is 50.1 Å². The van der Waals surface area contributed by atoms with Gasteiger partial charge in [-0.25, -0.2) is 44.9 Å². The zero-order valence-electron chi connectivity index (χ0n) is 38.2. The molecule has 0 unspecified atom stereocenters. The summed E-state index contributed by atoms with van der Waals surface area (Å²) >= 11 is 0. The van der Waals surface area contributed by atoms with E-state index in [1.807, 2.05) is 6.92 Å². The summed E-state index contributed by atoms with van der Waals surface area (Å²) in [5.41, 5.74) is 2.00. The third-order valence-corrected chi connectivity index (χ3v) is 10.4. The van der Waals surface area contributed by atoms with Crippen molar-refractivity contribution in [2.45, 2.75) is 44.3 Å². The van der Waals surface area contributed by atoms with Gasteiger partial charge in [0.15, 0.2) is 50.9 Å². The van der Waals surface area contributed by atoms with Gasteiger partial charge in [0, 0.05) is 44.4 Å². The van der Waals surface area contributed by atoms with Crippen molar-refractivity contribution in [1.29, 1.82) is 0 Å². The van der Waals surface area contributed by atoms with Crippen LogP contribution in [0.25, 0.3) is 50.6 Å². The third-order valence-electron chi connectivity index (χ3n) is 10.4. The largest absolute Gasteiger partial charge is 0.497 e. The molecule has 0 radical (unpaired) electrons. The van der Waals surface area contributed by atoms with Crippen LogP contribution in [-0.2, 0) is 18.5 Å². The molecule has 3 aromatic carbocycles. The average molecular weight is 1020 g/mol. The Kier molecular flexibility index (Phi) is 13.9. The lowest BCUT2D eigenvalue weighted by atomic mass is 10.3. The fourth-order valence-corrected chi connectivity index (χ4v) is 6.92. The minimum Gasteiger partial charge on any atom is -0.497 e. The number of methoxy groups -OCH3 is 1. The Hall–Kier alpha value is -8.92. The second kappa shape index (κ2) is 20.1. The highest BCUT2D eigenvalue weighted by Crippen LogP contribution is 2.35. The lowest BCUT2D eigenvalue weighted by Crippen LogP contribution is -2.15. The van der Waals surface area contributed by atoms with Crippen LogP contribution < -0.4 is 25.4 Å². The van der Waals surface area contributed by atoms with Crippen LogP contribution in [0.5, 0.6) is 11.5 Å². The summed E-state index contributed by atoms with van der Waals surface area (Å²) in [5.74, 6) is -2.50. The molecule has 29 heteroatoms. The summed E-state index contributed by atoms with van der Waals surface area (Å²) in [6.45, 7) is 2.35. The normalized spacial score (nSPS) is 12.7. The first-order valence-corrected chi connectivity index (χ1v) is 21.4. The molecular formula is C44H37F9N16O4. The number of hydrogen-bond acceptors (Lipinski definition) is 16. The van der Waals surface area contributed by atoms with Gasteiger partial charge in [0.25, 0.3) is 5.69 Å². The van der Waals surface area contributed by atoms with Crippen LogP contribution in [-0.4, -0.2) is 97.3 Å². The summed E-state index contributed by atoms with van der Waals surface area (Å²) in [5, 5.41) is 19.0. The van der Waals surface area contributed by atoms with Crippen LogP contribution in [0.1, 0.15) is 37.2 Å². The van der Waals surface area contributed by atoms with Gasteiger partial charge in [-0.1, -0.05) is 18.2 Å². The fourth-order valence-electron chi connectivity index (χ4n) is 6.92. The molecule has 6 heterocycles. The van der Waals surface area contributed by atoms with Gasteiger partial charge in [0.2, 0.25) is 17.5 Å². The zero-order valence-corrected chi connectivity index (χ0v) is 38.2. The molecule has 0 aliphatic heterocycles. The number of hydrogen-bond donors (Lipinski definition) is 3. The van der Waals surface area contributed by atoms with Gasteiger partial charge in [-0.3, -0.25) is 23.8 Å². The number of fused-ring (bicyclic) bond motifs is 3. The van der Waals surface area contributed by atoms with Crippen molar-refractivity contribution in [3.63, 3.8) is 0 Å². The maximum atomic E-state index is 13.3. The van der Waals surface area contributed by atoms with E-state index in [-0.39, 0.29) is 62.8 Å². The van der Waals surface area contributed by atoms with Crippen molar-refractivity contribution in [3.05, 3.63) is 119 Å². The number of anilines is 3. The van der Waals surface area contributed by atoms with E-state index in [9.17, 15) is 49.6 Å². The molecule has 0 bridgehead atoms.